The Hall–Kier alpha value is -3.49. The average molecular weight is 341 g/mol. The van der Waals surface area contributed by atoms with Gasteiger partial charge in [-0.2, -0.15) is 5.10 Å². The number of nitrogens with zero attached hydrogens (tertiary/aromatic N) is 4. The first kappa shape index (κ1) is 16.4. The molecule has 0 aliphatic rings. The van der Waals surface area contributed by atoms with Crippen molar-refractivity contribution in [1.29, 1.82) is 0 Å². The summed E-state index contributed by atoms with van der Waals surface area (Å²) in [6.07, 6.45) is 4.89. The number of hydrogen-bond donors (Lipinski definition) is 3. The molecule has 0 saturated heterocycles. The van der Waals surface area contributed by atoms with Gasteiger partial charge in [-0.3, -0.25) is 0 Å². The van der Waals surface area contributed by atoms with Crippen LogP contribution in [0.2, 0.25) is 0 Å². The molecule has 3 aromatic rings. The molecule has 0 saturated carbocycles. The SMILES string of the molecule is O=C(NCCNc1cc(-n2cccn2)ncn1)Nc1ccc(F)cc1. The van der Waals surface area contributed by atoms with Gasteiger partial charge in [-0.15, -0.1) is 0 Å². The third-order valence-corrected chi connectivity index (χ3v) is 3.21. The van der Waals surface area contributed by atoms with Crippen molar-refractivity contribution >= 4 is 17.5 Å². The van der Waals surface area contributed by atoms with E-state index in [9.17, 15) is 9.18 Å². The molecule has 25 heavy (non-hydrogen) atoms. The Morgan fingerprint density at radius 2 is 2.00 bits per heavy atom. The average Bonchev–Trinajstić information content (AvgIpc) is 3.16. The second-order valence-electron chi connectivity index (χ2n) is 5.03. The van der Waals surface area contributed by atoms with Gasteiger partial charge in [0.25, 0.3) is 0 Å². The molecule has 3 rings (SSSR count). The van der Waals surface area contributed by atoms with Gasteiger partial charge in [0.15, 0.2) is 5.82 Å². The van der Waals surface area contributed by atoms with Gasteiger partial charge in [0, 0.05) is 37.2 Å². The van der Waals surface area contributed by atoms with Gasteiger partial charge >= 0.3 is 6.03 Å². The van der Waals surface area contributed by atoms with Crippen molar-refractivity contribution in [3.8, 4) is 5.82 Å². The molecule has 9 heteroatoms. The van der Waals surface area contributed by atoms with Crippen molar-refractivity contribution in [3.63, 3.8) is 0 Å². The zero-order chi connectivity index (χ0) is 17.5. The van der Waals surface area contributed by atoms with E-state index in [1.54, 1.807) is 29.2 Å². The first-order valence-corrected chi connectivity index (χ1v) is 7.57. The summed E-state index contributed by atoms with van der Waals surface area (Å²) in [5.41, 5.74) is 0.520. The number of halogens is 1. The summed E-state index contributed by atoms with van der Waals surface area (Å²) < 4.78 is 14.4. The van der Waals surface area contributed by atoms with Crippen LogP contribution in [0.25, 0.3) is 5.82 Å². The highest BCUT2D eigenvalue weighted by Gasteiger charge is 2.03. The first-order chi connectivity index (χ1) is 12.2. The summed E-state index contributed by atoms with van der Waals surface area (Å²) in [5, 5.41) is 12.5. The van der Waals surface area contributed by atoms with E-state index in [0.29, 0.717) is 30.4 Å². The van der Waals surface area contributed by atoms with Gasteiger partial charge in [-0.1, -0.05) is 0 Å². The Morgan fingerprint density at radius 3 is 2.76 bits per heavy atom. The maximum atomic E-state index is 12.8. The molecule has 0 aliphatic carbocycles. The van der Waals surface area contributed by atoms with E-state index in [-0.39, 0.29) is 11.8 Å². The monoisotopic (exact) mass is 341 g/mol. The number of nitrogens with one attached hydrogen (secondary N) is 3. The maximum Gasteiger partial charge on any atom is 0.319 e. The minimum absolute atomic E-state index is 0.352. The Balaban J connectivity index is 1.43. The van der Waals surface area contributed by atoms with Crippen LogP contribution in [-0.4, -0.2) is 38.9 Å². The number of benzene rings is 1. The van der Waals surface area contributed by atoms with Gasteiger partial charge in [0.05, 0.1) is 0 Å². The van der Waals surface area contributed by atoms with Crippen LogP contribution in [-0.2, 0) is 0 Å². The van der Waals surface area contributed by atoms with Crippen molar-refractivity contribution < 1.29 is 9.18 Å². The van der Waals surface area contributed by atoms with Crippen LogP contribution >= 0.6 is 0 Å². The summed E-state index contributed by atoms with van der Waals surface area (Å²) in [5.74, 6) is 0.917. The molecule has 8 nitrogen and oxygen atoms in total. The Kier molecular flexibility index (Phi) is 5.15. The number of rotatable bonds is 6. The lowest BCUT2D eigenvalue weighted by Gasteiger charge is -2.09. The van der Waals surface area contributed by atoms with Crippen LogP contribution in [0.3, 0.4) is 0 Å². The van der Waals surface area contributed by atoms with Gasteiger partial charge < -0.3 is 16.0 Å². The van der Waals surface area contributed by atoms with Crippen molar-refractivity contribution in [3.05, 3.63) is 60.9 Å². The summed E-state index contributed by atoms with van der Waals surface area (Å²) in [6, 6.07) is 8.74. The van der Waals surface area contributed by atoms with Crippen LogP contribution in [0.15, 0.2) is 55.1 Å². The van der Waals surface area contributed by atoms with Crippen LogP contribution < -0.4 is 16.0 Å². The number of amides is 2. The van der Waals surface area contributed by atoms with Gasteiger partial charge in [-0.25, -0.2) is 23.8 Å². The summed E-state index contributed by atoms with van der Waals surface area (Å²) in [6.45, 7) is 0.862. The molecule has 3 N–H and O–H groups in total. The minimum Gasteiger partial charge on any atom is -0.368 e. The fourth-order valence-corrected chi connectivity index (χ4v) is 2.05. The normalized spacial score (nSPS) is 10.3. The fraction of sp³-hybridized carbons (Fsp3) is 0.125. The van der Waals surface area contributed by atoms with Crippen molar-refractivity contribution in [2.24, 2.45) is 0 Å². The lowest BCUT2D eigenvalue weighted by molar-refractivity contribution is 0.252. The van der Waals surface area contributed by atoms with E-state index in [4.69, 9.17) is 0 Å². The number of aromatic nitrogens is 4. The number of hydrogen-bond acceptors (Lipinski definition) is 5. The molecule has 2 amide bonds. The van der Waals surface area contributed by atoms with E-state index in [1.807, 2.05) is 0 Å². The third-order valence-electron chi connectivity index (χ3n) is 3.21. The fourth-order valence-electron chi connectivity index (χ4n) is 2.05. The number of carbonyl (C=O) groups excluding carboxylic acids is 1. The highest BCUT2D eigenvalue weighted by Crippen LogP contribution is 2.08. The topological polar surface area (TPSA) is 96.8 Å². The van der Waals surface area contributed by atoms with E-state index in [2.05, 4.69) is 31.0 Å². The summed E-state index contributed by atoms with van der Waals surface area (Å²) in [4.78, 5) is 20.0. The Morgan fingerprint density at radius 1 is 1.16 bits per heavy atom. The van der Waals surface area contributed by atoms with Crippen LogP contribution in [0, 0.1) is 5.82 Å². The molecule has 0 unspecified atom stereocenters. The lowest BCUT2D eigenvalue weighted by Crippen LogP contribution is -2.32. The van der Waals surface area contributed by atoms with Crippen molar-refractivity contribution in [2.45, 2.75) is 0 Å². The van der Waals surface area contributed by atoms with Crippen LogP contribution in [0.5, 0.6) is 0 Å². The largest absolute Gasteiger partial charge is 0.368 e. The van der Waals surface area contributed by atoms with E-state index < -0.39 is 0 Å². The molecule has 128 valence electrons. The van der Waals surface area contributed by atoms with E-state index in [0.717, 1.165) is 0 Å². The standard InChI is InChI=1S/C16H16FN7O/c17-12-2-4-13(5-3-12)23-16(25)19-8-7-18-14-10-15(21-11-20-14)24-9-1-6-22-24/h1-6,9-11H,7-8H2,(H,18,20,21)(H2,19,23,25). The first-order valence-electron chi connectivity index (χ1n) is 7.57. The lowest BCUT2D eigenvalue weighted by atomic mass is 10.3. The second kappa shape index (κ2) is 7.86. The highest BCUT2D eigenvalue weighted by molar-refractivity contribution is 5.89. The molecular formula is C16H16FN7O. The molecule has 2 aromatic heterocycles. The van der Waals surface area contributed by atoms with Crippen LogP contribution in [0.1, 0.15) is 0 Å². The number of carbonyl (C=O) groups is 1. The molecule has 2 heterocycles. The zero-order valence-corrected chi connectivity index (χ0v) is 13.2. The smallest absolute Gasteiger partial charge is 0.319 e. The highest BCUT2D eigenvalue weighted by atomic mass is 19.1. The third kappa shape index (κ3) is 4.74. The molecule has 0 aliphatic heterocycles. The Labute approximate surface area is 143 Å². The van der Waals surface area contributed by atoms with E-state index >= 15 is 0 Å². The minimum atomic E-state index is -0.367. The zero-order valence-electron chi connectivity index (χ0n) is 13.2. The predicted octanol–water partition coefficient (Wildman–Crippen LogP) is 2.03. The van der Waals surface area contributed by atoms with E-state index in [1.165, 1.54) is 30.6 Å². The van der Waals surface area contributed by atoms with Crippen LogP contribution in [0.4, 0.5) is 20.7 Å². The second-order valence-corrected chi connectivity index (χ2v) is 5.03. The molecule has 1 aromatic carbocycles. The Bertz CT molecular complexity index is 821. The van der Waals surface area contributed by atoms with Gasteiger partial charge in [-0.05, 0) is 30.3 Å². The summed E-state index contributed by atoms with van der Waals surface area (Å²) >= 11 is 0. The van der Waals surface area contributed by atoms with Crippen molar-refractivity contribution in [2.75, 3.05) is 23.7 Å². The molecule has 0 fully saturated rings. The van der Waals surface area contributed by atoms with Crippen molar-refractivity contribution in [1.82, 2.24) is 25.1 Å². The quantitative estimate of drug-likeness (QED) is 0.596. The van der Waals surface area contributed by atoms with Gasteiger partial charge in [0.1, 0.15) is 18.0 Å². The molecule has 0 spiro atoms. The molecule has 0 radical (unpaired) electrons. The molecule has 0 atom stereocenters. The number of urea groups is 1. The maximum absolute atomic E-state index is 12.8. The number of anilines is 2. The molecular weight excluding hydrogens is 325 g/mol. The van der Waals surface area contributed by atoms with Gasteiger partial charge in [0.2, 0.25) is 0 Å². The molecule has 0 bridgehead atoms. The predicted molar refractivity (Wildman–Crippen MR) is 91.1 cm³/mol. The summed E-state index contributed by atoms with van der Waals surface area (Å²) in [7, 11) is 0.